The summed E-state index contributed by atoms with van der Waals surface area (Å²) in [4.78, 5) is 2.82. The maximum absolute atomic E-state index is 10.7. The number of phenolic OH excluding ortho intramolecular Hbond substituents is 1. The Morgan fingerprint density at radius 3 is 2.89 bits per heavy atom. The predicted molar refractivity (Wildman–Crippen MR) is 106 cm³/mol. The summed E-state index contributed by atoms with van der Waals surface area (Å²) in [5.74, 6) is 2.36. The molecular formula is C24H29NO3. The van der Waals surface area contributed by atoms with Crippen LogP contribution in [-0.2, 0) is 16.6 Å². The lowest BCUT2D eigenvalue weighted by Gasteiger charge is -2.71. The Balaban J connectivity index is 1.51. The molecule has 0 radical (unpaired) electrons. The van der Waals surface area contributed by atoms with Crippen molar-refractivity contribution in [2.24, 2.45) is 17.3 Å². The quantitative estimate of drug-likeness (QED) is 0.818. The summed E-state index contributed by atoms with van der Waals surface area (Å²) in [6.07, 6.45) is 11.0. The standard InChI is InChI=1S/C24H29NO3/c1-14-12-22-7-8-24(14,27-2)21-23(22)9-10-25(13-15-3-4-15)18(22)11-16-5-6-17(26)20(28-21)19(16)23/h5-8,14-15,18,21,26H,3-4,9-13H2,1-2H3/t14-,18+,21+,22+,23-,24+/m1/s1. The molecule has 3 fully saturated rings. The van der Waals surface area contributed by atoms with Crippen molar-refractivity contribution in [1.82, 2.24) is 4.90 Å². The van der Waals surface area contributed by atoms with Gasteiger partial charge in [-0.3, -0.25) is 4.90 Å². The Labute approximate surface area is 166 Å². The van der Waals surface area contributed by atoms with Gasteiger partial charge in [0.1, 0.15) is 11.7 Å². The number of nitrogens with zero attached hydrogens (tertiary/aromatic N) is 1. The van der Waals surface area contributed by atoms with E-state index < -0.39 is 5.60 Å². The molecule has 1 aromatic carbocycles. The van der Waals surface area contributed by atoms with E-state index in [1.807, 2.05) is 13.2 Å². The number of piperidine rings is 1. The third-order valence-electron chi connectivity index (χ3n) is 9.43. The first-order valence-electron chi connectivity index (χ1n) is 11.1. The molecule has 1 aromatic rings. The van der Waals surface area contributed by atoms with Crippen molar-refractivity contribution in [3.8, 4) is 11.5 Å². The lowest BCUT2D eigenvalue weighted by molar-refractivity contribution is -0.212. The van der Waals surface area contributed by atoms with Gasteiger partial charge in [0, 0.05) is 30.7 Å². The second-order valence-electron chi connectivity index (χ2n) is 10.4. The zero-order valence-corrected chi connectivity index (χ0v) is 16.8. The smallest absolute Gasteiger partial charge is 0.165 e. The molecule has 1 N–H and O–H groups in total. The van der Waals surface area contributed by atoms with Gasteiger partial charge < -0.3 is 14.6 Å². The summed E-state index contributed by atoms with van der Waals surface area (Å²) in [7, 11) is 1.84. The highest BCUT2D eigenvalue weighted by molar-refractivity contribution is 5.65. The van der Waals surface area contributed by atoms with Crippen molar-refractivity contribution in [1.29, 1.82) is 0 Å². The summed E-state index contributed by atoms with van der Waals surface area (Å²) in [5.41, 5.74) is 2.35. The van der Waals surface area contributed by atoms with Crippen LogP contribution in [0.2, 0.25) is 0 Å². The summed E-state index contributed by atoms with van der Waals surface area (Å²) in [6.45, 7) is 4.73. The molecule has 2 heterocycles. The van der Waals surface area contributed by atoms with Gasteiger partial charge in [-0.2, -0.15) is 0 Å². The van der Waals surface area contributed by atoms with Gasteiger partial charge in [-0.25, -0.2) is 0 Å². The molecule has 2 spiro atoms. The van der Waals surface area contributed by atoms with Crippen LogP contribution >= 0.6 is 0 Å². The molecule has 8 rings (SSSR count). The monoisotopic (exact) mass is 379 g/mol. The largest absolute Gasteiger partial charge is 0.504 e. The molecule has 0 aromatic heterocycles. The van der Waals surface area contributed by atoms with E-state index in [-0.39, 0.29) is 16.9 Å². The number of phenols is 1. The second-order valence-corrected chi connectivity index (χ2v) is 10.4. The van der Waals surface area contributed by atoms with Gasteiger partial charge in [-0.05, 0) is 62.1 Å². The lowest BCUT2D eigenvalue weighted by atomic mass is 9.37. The Morgan fingerprint density at radius 1 is 1.29 bits per heavy atom. The number of hydrogen-bond donors (Lipinski definition) is 1. The molecule has 6 atom stereocenters. The molecule has 28 heavy (non-hydrogen) atoms. The third kappa shape index (κ3) is 1.51. The maximum atomic E-state index is 10.7. The van der Waals surface area contributed by atoms with Gasteiger partial charge in [0.25, 0.3) is 0 Å². The topological polar surface area (TPSA) is 41.9 Å². The molecule has 7 aliphatic rings. The van der Waals surface area contributed by atoms with Crippen LogP contribution in [0.5, 0.6) is 11.5 Å². The Kier molecular flexibility index (Phi) is 2.79. The minimum Gasteiger partial charge on any atom is -0.504 e. The van der Waals surface area contributed by atoms with Gasteiger partial charge in [-0.1, -0.05) is 25.1 Å². The van der Waals surface area contributed by atoms with Crippen LogP contribution < -0.4 is 4.74 Å². The van der Waals surface area contributed by atoms with E-state index in [1.54, 1.807) is 0 Å². The normalized spacial score (nSPS) is 47.1. The number of likely N-dealkylation sites (tertiary alicyclic amines) is 1. The molecule has 2 saturated carbocycles. The minimum atomic E-state index is -0.398. The Morgan fingerprint density at radius 2 is 2.14 bits per heavy atom. The van der Waals surface area contributed by atoms with E-state index in [0.29, 0.717) is 17.7 Å². The van der Waals surface area contributed by atoms with Gasteiger partial charge in [-0.15, -0.1) is 0 Å². The van der Waals surface area contributed by atoms with E-state index in [9.17, 15) is 5.11 Å². The fraction of sp³-hybridized carbons (Fsp3) is 0.667. The van der Waals surface area contributed by atoms with Crippen LogP contribution in [0, 0.1) is 17.3 Å². The molecule has 1 saturated heterocycles. The highest BCUT2D eigenvalue weighted by atomic mass is 16.6. The van der Waals surface area contributed by atoms with Gasteiger partial charge in [0.05, 0.1) is 5.41 Å². The SMILES string of the molecule is CO[C@@]12C=C[C@]3(C[C@H]1C)[C@@H]1Cc4ccc(O)c5c4[C@]3(CCN1CC1CC1)[C@@H]2O5. The molecule has 4 bridgehead atoms. The molecule has 0 unspecified atom stereocenters. The van der Waals surface area contributed by atoms with Crippen LogP contribution in [0.15, 0.2) is 24.3 Å². The minimum absolute atomic E-state index is 0.0355. The number of rotatable bonds is 3. The zero-order valence-electron chi connectivity index (χ0n) is 16.8. The molecule has 4 nitrogen and oxygen atoms in total. The maximum Gasteiger partial charge on any atom is 0.165 e. The summed E-state index contributed by atoms with van der Waals surface area (Å²) < 4.78 is 12.9. The average molecular weight is 380 g/mol. The van der Waals surface area contributed by atoms with Gasteiger partial charge in [0.2, 0.25) is 0 Å². The number of methoxy groups -OCH3 is 1. The van der Waals surface area contributed by atoms with Crippen molar-refractivity contribution >= 4 is 0 Å². The van der Waals surface area contributed by atoms with Crippen LogP contribution in [0.25, 0.3) is 0 Å². The van der Waals surface area contributed by atoms with Crippen molar-refractivity contribution < 1.29 is 14.6 Å². The van der Waals surface area contributed by atoms with E-state index in [4.69, 9.17) is 9.47 Å². The number of ether oxygens (including phenoxy) is 2. The number of fused-ring (bicyclic) bond motifs is 1. The molecular weight excluding hydrogens is 350 g/mol. The first kappa shape index (κ1) is 16.3. The van der Waals surface area contributed by atoms with Crippen LogP contribution in [0.1, 0.15) is 43.7 Å². The highest BCUT2D eigenvalue weighted by Gasteiger charge is 2.78. The van der Waals surface area contributed by atoms with Crippen LogP contribution in [-0.4, -0.2) is 48.0 Å². The summed E-state index contributed by atoms with van der Waals surface area (Å²) in [6, 6.07) is 4.54. The molecule has 0 amide bonds. The van der Waals surface area contributed by atoms with E-state index in [1.165, 1.54) is 30.5 Å². The Bertz CT molecular complexity index is 923. The number of benzene rings is 1. The van der Waals surface area contributed by atoms with Crippen molar-refractivity contribution in [3.05, 3.63) is 35.4 Å². The van der Waals surface area contributed by atoms with Crippen LogP contribution in [0.4, 0.5) is 0 Å². The first-order valence-corrected chi connectivity index (χ1v) is 11.1. The summed E-state index contributed by atoms with van der Waals surface area (Å²) >= 11 is 0. The van der Waals surface area contributed by atoms with Crippen molar-refractivity contribution in [3.63, 3.8) is 0 Å². The van der Waals surface area contributed by atoms with Crippen molar-refractivity contribution in [2.45, 2.75) is 62.2 Å². The van der Waals surface area contributed by atoms with E-state index in [0.717, 1.165) is 37.5 Å². The van der Waals surface area contributed by atoms with E-state index in [2.05, 4.69) is 30.0 Å². The zero-order chi connectivity index (χ0) is 18.9. The van der Waals surface area contributed by atoms with Gasteiger partial charge in [0.15, 0.2) is 11.5 Å². The fourth-order valence-electron chi connectivity index (χ4n) is 8.13. The third-order valence-corrected chi connectivity index (χ3v) is 9.43. The summed E-state index contributed by atoms with van der Waals surface area (Å²) in [5, 5.41) is 10.7. The number of hydrogen-bond acceptors (Lipinski definition) is 4. The second kappa shape index (κ2) is 4.79. The first-order chi connectivity index (χ1) is 13.6. The van der Waals surface area contributed by atoms with Crippen molar-refractivity contribution in [2.75, 3.05) is 20.2 Å². The molecule has 2 aliphatic heterocycles. The van der Waals surface area contributed by atoms with Crippen LogP contribution in [0.3, 0.4) is 0 Å². The Hall–Kier alpha value is -1.52. The highest BCUT2D eigenvalue weighted by Crippen LogP contribution is 2.74. The average Bonchev–Trinajstić information content (AvgIpc) is 3.43. The van der Waals surface area contributed by atoms with E-state index >= 15 is 0 Å². The molecule has 5 aliphatic carbocycles. The molecule has 4 heteroatoms. The fourth-order valence-corrected chi connectivity index (χ4v) is 8.13. The predicted octanol–water partition coefficient (Wildman–Crippen LogP) is 3.41. The molecule has 148 valence electrons. The lowest BCUT2D eigenvalue weighted by Crippen LogP contribution is -2.78. The number of aromatic hydroxyl groups is 1. The van der Waals surface area contributed by atoms with Gasteiger partial charge >= 0.3 is 0 Å².